The molecule has 2 amide bonds. The Morgan fingerprint density at radius 2 is 2.06 bits per heavy atom. The zero-order chi connectivity index (χ0) is 13.1. The number of rotatable bonds is 3. The number of carbonyl (C=O) groups excluding carboxylic acids is 2. The number of carbonyl (C=O) groups is 2. The van der Waals surface area contributed by atoms with Gasteiger partial charge in [-0.1, -0.05) is 30.3 Å². The molecule has 2 atom stereocenters. The van der Waals surface area contributed by atoms with E-state index in [4.69, 9.17) is 9.47 Å². The topological polar surface area (TPSA) is 55.8 Å². The van der Waals surface area contributed by atoms with Gasteiger partial charge in [0.1, 0.15) is 12.7 Å². The molecule has 0 spiro atoms. The maximum absolute atomic E-state index is 11.7. The van der Waals surface area contributed by atoms with Gasteiger partial charge in [-0.2, -0.15) is 0 Å². The molecule has 2 rings (SSSR count). The first-order valence-electron chi connectivity index (χ1n) is 5.71. The van der Waals surface area contributed by atoms with E-state index in [0.717, 1.165) is 10.5 Å². The van der Waals surface area contributed by atoms with E-state index in [1.165, 1.54) is 7.11 Å². The predicted molar refractivity (Wildman–Crippen MR) is 63.8 cm³/mol. The fourth-order valence-corrected chi connectivity index (χ4v) is 2.08. The second-order valence-electron chi connectivity index (χ2n) is 4.15. The smallest absolute Gasteiger partial charge is 0.417 e. The number of benzene rings is 1. The Morgan fingerprint density at radius 3 is 2.67 bits per heavy atom. The van der Waals surface area contributed by atoms with Gasteiger partial charge in [0.15, 0.2) is 0 Å². The van der Waals surface area contributed by atoms with Crippen LogP contribution in [-0.4, -0.2) is 36.7 Å². The molecule has 0 N–H and O–H groups in total. The minimum atomic E-state index is -0.613. The molecule has 1 fully saturated rings. The minimum absolute atomic E-state index is 0.124. The second kappa shape index (κ2) is 5.18. The van der Waals surface area contributed by atoms with Crippen molar-refractivity contribution in [3.63, 3.8) is 0 Å². The number of hydrogen-bond acceptors (Lipinski definition) is 4. The van der Waals surface area contributed by atoms with E-state index in [0.29, 0.717) is 0 Å². The summed E-state index contributed by atoms with van der Waals surface area (Å²) in [6, 6.07) is 9.05. The summed E-state index contributed by atoms with van der Waals surface area (Å²) < 4.78 is 10.0. The number of hydrogen-bond donors (Lipinski definition) is 0. The maximum Gasteiger partial charge on any atom is 0.417 e. The Hall–Kier alpha value is -1.88. The van der Waals surface area contributed by atoms with E-state index < -0.39 is 12.2 Å². The highest BCUT2D eigenvalue weighted by Gasteiger charge is 2.43. The van der Waals surface area contributed by atoms with Gasteiger partial charge in [0, 0.05) is 7.11 Å². The third-order valence-corrected chi connectivity index (χ3v) is 2.93. The van der Waals surface area contributed by atoms with Gasteiger partial charge in [-0.15, -0.1) is 0 Å². The first kappa shape index (κ1) is 12.6. The van der Waals surface area contributed by atoms with Gasteiger partial charge in [-0.25, -0.2) is 9.69 Å². The summed E-state index contributed by atoms with van der Waals surface area (Å²) in [7, 11) is 1.42. The molecule has 0 aromatic heterocycles. The minimum Gasteiger partial charge on any atom is -0.439 e. The van der Waals surface area contributed by atoms with Gasteiger partial charge >= 0.3 is 6.09 Å². The number of imide groups is 1. The van der Waals surface area contributed by atoms with Gasteiger partial charge in [0.2, 0.25) is 0 Å². The number of amides is 2. The third kappa shape index (κ3) is 2.22. The lowest BCUT2D eigenvalue weighted by Crippen LogP contribution is -2.39. The Bertz CT molecular complexity index is 446. The van der Waals surface area contributed by atoms with Gasteiger partial charge in [-0.3, -0.25) is 4.79 Å². The lowest BCUT2D eigenvalue weighted by Gasteiger charge is -2.18. The third-order valence-electron chi connectivity index (χ3n) is 2.93. The summed E-state index contributed by atoms with van der Waals surface area (Å²) in [6.45, 7) is 1.66. The molecule has 0 aliphatic carbocycles. The molecule has 5 heteroatoms. The zero-order valence-corrected chi connectivity index (χ0v) is 10.3. The molecule has 0 radical (unpaired) electrons. The van der Waals surface area contributed by atoms with Crippen molar-refractivity contribution in [3.8, 4) is 0 Å². The van der Waals surface area contributed by atoms with Crippen LogP contribution in [0.25, 0.3) is 0 Å². The quantitative estimate of drug-likeness (QED) is 0.818. The summed E-state index contributed by atoms with van der Waals surface area (Å²) in [5.74, 6) is -0.381. The number of methoxy groups -OCH3 is 1. The van der Waals surface area contributed by atoms with Gasteiger partial charge in [0.05, 0.1) is 6.04 Å². The van der Waals surface area contributed by atoms with Crippen LogP contribution >= 0.6 is 0 Å². The zero-order valence-electron chi connectivity index (χ0n) is 10.3. The normalized spacial score (nSPS) is 23.0. The highest BCUT2D eigenvalue weighted by molar-refractivity contribution is 5.94. The predicted octanol–water partition coefficient (Wildman–Crippen LogP) is 1.74. The van der Waals surface area contributed by atoms with Crippen molar-refractivity contribution >= 4 is 12.0 Å². The Kier molecular flexibility index (Phi) is 3.62. The van der Waals surface area contributed by atoms with Crippen molar-refractivity contribution in [1.29, 1.82) is 0 Å². The number of cyclic esters (lactones) is 1. The first-order chi connectivity index (χ1) is 8.65. The standard InChI is InChI=1S/C13H15NO4/c1-9-12(10-6-4-3-5-7-10)18-13(16)14(9)11(15)8-17-2/h3-7,9,12H,8H2,1-2H3/t9-,12-/m1/s1. The van der Waals surface area contributed by atoms with E-state index in [2.05, 4.69) is 0 Å². The fourth-order valence-electron chi connectivity index (χ4n) is 2.08. The molecule has 0 saturated carbocycles. The van der Waals surface area contributed by atoms with Crippen LogP contribution in [0.5, 0.6) is 0 Å². The van der Waals surface area contributed by atoms with E-state index in [-0.39, 0.29) is 18.6 Å². The number of nitrogens with zero attached hydrogens (tertiary/aromatic N) is 1. The first-order valence-corrected chi connectivity index (χ1v) is 5.71. The van der Waals surface area contributed by atoms with E-state index in [9.17, 15) is 9.59 Å². The van der Waals surface area contributed by atoms with E-state index in [1.807, 2.05) is 30.3 Å². The maximum atomic E-state index is 11.7. The summed E-state index contributed by atoms with van der Waals surface area (Å²) >= 11 is 0. The summed E-state index contributed by atoms with van der Waals surface area (Å²) in [4.78, 5) is 24.6. The van der Waals surface area contributed by atoms with Gasteiger partial charge in [0.25, 0.3) is 5.91 Å². The SMILES string of the molecule is COCC(=O)N1C(=O)O[C@@H](c2ccccc2)[C@H]1C. The number of ether oxygens (including phenoxy) is 2. The Balaban J connectivity index is 2.19. The highest BCUT2D eigenvalue weighted by Crippen LogP contribution is 2.32. The lowest BCUT2D eigenvalue weighted by atomic mass is 10.0. The van der Waals surface area contributed by atoms with Crippen LogP contribution in [0.15, 0.2) is 30.3 Å². The van der Waals surface area contributed by atoms with Crippen LogP contribution in [0.4, 0.5) is 4.79 Å². The van der Waals surface area contributed by atoms with Crippen molar-refractivity contribution in [1.82, 2.24) is 4.90 Å². The summed E-state index contributed by atoms with van der Waals surface area (Å²) in [5.41, 5.74) is 0.881. The van der Waals surface area contributed by atoms with Crippen LogP contribution in [0.2, 0.25) is 0 Å². The van der Waals surface area contributed by atoms with Gasteiger partial charge < -0.3 is 9.47 Å². The molecule has 1 aromatic rings. The van der Waals surface area contributed by atoms with Crippen LogP contribution in [0, 0.1) is 0 Å². The van der Waals surface area contributed by atoms with E-state index >= 15 is 0 Å². The Morgan fingerprint density at radius 1 is 1.39 bits per heavy atom. The van der Waals surface area contributed by atoms with Crippen molar-refractivity contribution < 1.29 is 19.1 Å². The Labute approximate surface area is 105 Å². The molecule has 1 aromatic carbocycles. The molecule has 0 bridgehead atoms. The molecule has 1 aliphatic heterocycles. The van der Waals surface area contributed by atoms with Crippen LogP contribution < -0.4 is 0 Å². The highest BCUT2D eigenvalue weighted by atomic mass is 16.6. The van der Waals surface area contributed by atoms with Crippen LogP contribution in [0.1, 0.15) is 18.6 Å². The summed E-state index contributed by atoms with van der Waals surface area (Å²) in [5, 5.41) is 0. The molecule has 18 heavy (non-hydrogen) atoms. The average molecular weight is 249 g/mol. The molecule has 0 unspecified atom stereocenters. The summed E-state index contributed by atoms with van der Waals surface area (Å²) in [6.07, 6.45) is -1.03. The van der Waals surface area contributed by atoms with Gasteiger partial charge in [-0.05, 0) is 12.5 Å². The lowest BCUT2D eigenvalue weighted by molar-refractivity contribution is -0.133. The molecular weight excluding hydrogens is 234 g/mol. The molecule has 96 valence electrons. The van der Waals surface area contributed by atoms with Crippen LogP contribution in [0.3, 0.4) is 0 Å². The molecule has 5 nitrogen and oxygen atoms in total. The van der Waals surface area contributed by atoms with Crippen molar-refractivity contribution in [2.75, 3.05) is 13.7 Å². The van der Waals surface area contributed by atoms with E-state index in [1.54, 1.807) is 6.92 Å². The average Bonchev–Trinajstić information content (AvgIpc) is 2.66. The largest absolute Gasteiger partial charge is 0.439 e. The monoisotopic (exact) mass is 249 g/mol. The van der Waals surface area contributed by atoms with Crippen LogP contribution in [-0.2, 0) is 14.3 Å². The molecule has 1 aliphatic rings. The van der Waals surface area contributed by atoms with Crippen molar-refractivity contribution in [2.24, 2.45) is 0 Å². The molecule has 1 heterocycles. The molecular formula is C13H15NO4. The second-order valence-corrected chi connectivity index (χ2v) is 4.15. The van der Waals surface area contributed by atoms with Crippen molar-refractivity contribution in [3.05, 3.63) is 35.9 Å². The fraction of sp³-hybridized carbons (Fsp3) is 0.385. The molecule has 1 saturated heterocycles. The van der Waals surface area contributed by atoms with Crippen molar-refractivity contribution in [2.45, 2.75) is 19.1 Å².